The molecule has 3 rings (SSSR count). The number of methoxy groups -OCH3 is 1. The number of hydrogen-bond acceptors (Lipinski definition) is 4. The summed E-state index contributed by atoms with van der Waals surface area (Å²) < 4.78 is 23.6. The lowest BCUT2D eigenvalue weighted by molar-refractivity contribution is -0.130. The summed E-state index contributed by atoms with van der Waals surface area (Å²) in [4.78, 5) is 16.2. The number of aryl methyl sites for hydroxylation is 2. The van der Waals surface area contributed by atoms with Crippen LogP contribution in [0.15, 0.2) is 53.2 Å². The van der Waals surface area contributed by atoms with Crippen LogP contribution >= 0.6 is 0 Å². The van der Waals surface area contributed by atoms with E-state index in [-0.39, 0.29) is 11.5 Å². The van der Waals surface area contributed by atoms with E-state index in [1.165, 1.54) is 12.1 Å². The van der Waals surface area contributed by atoms with Crippen molar-refractivity contribution in [1.82, 2.24) is 0 Å². The van der Waals surface area contributed by atoms with E-state index in [4.69, 9.17) is 9.47 Å². The van der Waals surface area contributed by atoms with Crippen LogP contribution in [0.2, 0.25) is 0 Å². The summed E-state index contributed by atoms with van der Waals surface area (Å²) in [6.07, 6.45) is 2.68. The lowest BCUT2D eigenvalue weighted by Gasteiger charge is -2.04. The third-order valence-electron chi connectivity index (χ3n) is 3.90. The van der Waals surface area contributed by atoms with E-state index in [1.54, 1.807) is 19.3 Å². The first-order chi connectivity index (χ1) is 12.0. The first kappa shape index (κ1) is 16.9. The molecule has 0 atom stereocenters. The molecule has 0 saturated carbocycles. The fourth-order valence-corrected chi connectivity index (χ4v) is 2.65. The maximum absolute atomic E-state index is 13.2. The molecule has 1 aliphatic heterocycles. The maximum Gasteiger partial charge on any atom is 0.363 e. The fourth-order valence-electron chi connectivity index (χ4n) is 2.65. The van der Waals surface area contributed by atoms with Crippen LogP contribution in [-0.4, -0.2) is 19.0 Å². The number of esters is 1. The Hall–Kier alpha value is -2.95. The second-order valence-corrected chi connectivity index (χ2v) is 5.78. The molecule has 0 radical (unpaired) electrons. The summed E-state index contributed by atoms with van der Waals surface area (Å²) >= 11 is 0. The van der Waals surface area contributed by atoms with Gasteiger partial charge in [0.2, 0.25) is 0 Å². The molecule has 5 heteroatoms. The molecule has 2 aromatic carbocycles. The highest BCUT2D eigenvalue weighted by Crippen LogP contribution is 2.22. The second kappa shape index (κ2) is 7.30. The third-order valence-corrected chi connectivity index (χ3v) is 3.90. The summed E-state index contributed by atoms with van der Waals surface area (Å²) in [6, 6.07) is 12.0. The average Bonchev–Trinajstić information content (AvgIpc) is 2.93. The van der Waals surface area contributed by atoms with Crippen molar-refractivity contribution in [1.29, 1.82) is 0 Å². The highest BCUT2D eigenvalue weighted by molar-refractivity contribution is 6.07. The van der Waals surface area contributed by atoms with Gasteiger partial charge in [-0.2, -0.15) is 0 Å². The van der Waals surface area contributed by atoms with Crippen molar-refractivity contribution in [3.8, 4) is 5.75 Å². The average molecular weight is 339 g/mol. The van der Waals surface area contributed by atoms with Gasteiger partial charge >= 0.3 is 5.97 Å². The van der Waals surface area contributed by atoms with Crippen molar-refractivity contribution in [2.24, 2.45) is 4.99 Å². The summed E-state index contributed by atoms with van der Waals surface area (Å²) in [5.74, 6) is 0.391. The molecule has 0 bridgehead atoms. The maximum atomic E-state index is 13.2. The third kappa shape index (κ3) is 4.12. The predicted octanol–water partition coefficient (Wildman–Crippen LogP) is 4.07. The largest absolute Gasteiger partial charge is 0.496 e. The monoisotopic (exact) mass is 339 g/mol. The number of cyclic esters (lactones) is 1. The molecular weight excluding hydrogens is 321 g/mol. The Morgan fingerprint density at radius 2 is 2.04 bits per heavy atom. The normalized spacial score (nSPS) is 15.2. The van der Waals surface area contributed by atoms with Crippen molar-refractivity contribution in [3.63, 3.8) is 0 Å². The van der Waals surface area contributed by atoms with E-state index in [9.17, 15) is 9.18 Å². The highest BCUT2D eigenvalue weighted by Gasteiger charge is 2.22. The van der Waals surface area contributed by atoms with Crippen molar-refractivity contribution in [3.05, 3.63) is 70.7 Å². The Morgan fingerprint density at radius 1 is 1.20 bits per heavy atom. The van der Waals surface area contributed by atoms with E-state index in [2.05, 4.69) is 4.99 Å². The number of hydrogen-bond donors (Lipinski definition) is 0. The van der Waals surface area contributed by atoms with E-state index in [1.807, 2.05) is 31.2 Å². The molecular formula is C20H18FNO3. The molecule has 0 unspecified atom stereocenters. The predicted molar refractivity (Wildman–Crippen MR) is 94.0 cm³/mol. The van der Waals surface area contributed by atoms with Gasteiger partial charge in [0, 0.05) is 6.42 Å². The summed E-state index contributed by atoms with van der Waals surface area (Å²) in [5, 5.41) is 0. The molecule has 0 saturated heterocycles. The van der Waals surface area contributed by atoms with Gasteiger partial charge in [0.15, 0.2) is 11.6 Å². The number of rotatable bonds is 5. The van der Waals surface area contributed by atoms with Crippen LogP contribution in [-0.2, 0) is 16.0 Å². The summed E-state index contributed by atoms with van der Waals surface area (Å²) in [5.41, 5.74) is 2.92. The summed E-state index contributed by atoms with van der Waals surface area (Å²) in [7, 11) is 1.62. The first-order valence-electron chi connectivity index (χ1n) is 7.95. The quantitative estimate of drug-likeness (QED) is 0.609. The molecule has 1 heterocycles. The zero-order valence-electron chi connectivity index (χ0n) is 14.1. The fraction of sp³-hybridized carbons (Fsp3) is 0.200. The van der Waals surface area contributed by atoms with E-state index in [0.29, 0.717) is 18.7 Å². The second-order valence-electron chi connectivity index (χ2n) is 5.78. The van der Waals surface area contributed by atoms with Gasteiger partial charge in [-0.1, -0.05) is 18.2 Å². The van der Waals surface area contributed by atoms with E-state index >= 15 is 0 Å². The Bertz CT molecular complexity index is 871. The molecule has 1 aliphatic rings. The van der Waals surface area contributed by atoms with Crippen LogP contribution in [0, 0.1) is 12.7 Å². The number of aliphatic imine (C=N–C) groups is 1. The zero-order valence-corrected chi connectivity index (χ0v) is 14.1. The number of carbonyl (C=O) groups excluding carboxylic acids is 1. The standard InChI is InChI=1S/C20H18FNO3/c1-13-10-15(6-8-18(13)24-2)12-17-20(23)25-19(22-17)9-7-14-4-3-5-16(21)11-14/h3-6,8,10-12H,7,9H2,1-2H3/b17-12+. The van der Waals surface area contributed by atoms with Crippen molar-refractivity contribution in [2.75, 3.05) is 7.11 Å². The Labute approximate surface area is 145 Å². The number of carbonyl (C=O) groups is 1. The minimum atomic E-state index is -0.470. The van der Waals surface area contributed by atoms with Crippen molar-refractivity contribution < 1.29 is 18.7 Å². The molecule has 25 heavy (non-hydrogen) atoms. The van der Waals surface area contributed by atoms with Gasteiger partial charge in [-0.05, 0) is 60.4 Å². The number of nitrogens with zero attached hydrogens (tertiary/aromatic N) is 1. The van der Waals surface area contributed by atoms with Crippen LogP contribution in [0.5, 0.6) is 5.75 Å². The minimum absolute atomic E-state index is 0.263. The lowest BCUT2D eigenvalue weighted by Crippen LogP contribution is -2.05. The van der Waals surface area contributed by atoms with E-state index < -0.39 is 5.97 Å². The van der Waals surface area contributed by atoms with Gasteiger partial charge in [-0.3, -0.25) is 0 Å². The molecule has 2 aromatic rings. The van der Waals surface area contributed by atoms with Gasteiger partial charge in [-0.15, -0.1) is 0 Å². The van der Waals surface area contributed by atoms with Gasteiger partial charge in [0.1, 0.15) is 11.6 Å². The molecule has 0 amide bonds. The van der Waals surface area contributed by atoms with Crippen LogP contribution in [0.4, 0.5) is 4.39 Å². The zero-order chi connectivity index (χ0) is 17.8. The minimum Gasteiger partial charge on any atom is -0.496 e. The van der Waals surface area contributed by atoms with Crippen LogP contribution in [0.3, 0.4) is 0 Å². The van der Waals surface area contributed by atoms with Crippen molar-refractivity contribution >= 4 is 17.9 Å². The molecule has 4 nitrogen and oxygen atoms in total. The highest BCUT2D eigenvalue weighted by atomic mass is 19.1. The number of ether oxygens (including phenoxy) is 2. The van der Waals surface area contributed by atoms with E-state index in [0.717, 1.165) is 22.4 Å². The van der Waals surface area contributed by atoms with Gasteiger partial charge in [0.05, 0.1) is 7.11 Å². The Kier molecular flexibility index (Phi) is 4.93. The van der Waals surface area contributed by atoms with Crippen molar-refractivity contribution in [2.45, 2.75) is 19.8 Å². The first-order valence-corrected chi connectivity index (χ1v) is 7.95. The van der Waals surface area contributed by atoms with Gasteiger partial charge in [-0.25, -0.2) is 14.2 Å². The van der Waals surface area contributed by atoms with Gasteiger partial charge < -0.3 is 9.47 Å². The molecule has 0 fully saturated rings. The number of halogens is 1. The Morgan fingerprint density at radius 3 is 2.76 bits per heavy atom. The molecule has 128 valence electrons. The topological polar surface area (TPSA) is 47.9 Å². The SMILES string of the molecule is COc1ccc(/C=C2/N=C(CCc3cccc(F)c3)OC2=O)cc1C. The smallest absolute Gasteiger partial charge is 0.363 e. The number of benzene rings is 2. The van der Waals surface area contributed by atoms with Crippen LogP contribution < -0.4 is 4.74 Å². The van der Waals surface area contributed by atoms with Crippen LogP contribution in [0.1, 0.15) is 23.1 Å². The van der Waals surface area contributed by atoms with Gasteiger partial charge in [0.25, 0.3) is 0 Å². The Balaban J connectivity index is 1.72. The molecule has 0 N–H and O–H groups in total. The lowest BCUT2D eigenvalue weighted by atomic mass is 10.1. The summed E-state index contributed by atoms with van der Waals surface area (Å²) in [6.45, 7) is 1.93. The van der Waals surface area contributed by atoms with Crippen LogP contribution in [0.25, 0.3) is 6.08 Å². The molecule has 0 spiro atoms. The molecule has 0 aliphatic carbocycles. The molecule has 0 aromatic heterocycles.